The molecule has 0 bridgehead atoms. The highest BCUT2D eigenvalue weighted by molar-refractivity contribution is 7.90. The number of fused-ring (bicyclic) bond motifs is 1. The highest BCUT2D eigenvalue weighted by Crippen LogP contribution is 2.32. The van der Waals surface area contributed by atoms with Crippen LogP contribution < -0.4 is 24.4 Å². The van der Waals surface area contributed by atoms with E-state index in [-0.39, 0.29) is 49.9 Å². The van der Waals surface area contributed by atoms with Gasteiger partial charge in [0.15, 0.2) is 5.82 Å². The lowest BCUT2D eigenvalue weighted by Gasteiger charge is -2.40. The van der Waals surface area contributed by atoms with Crippen LogP contribution >= 0.6 is 0 Å². The quantitative estimate of drug-likeness (QED) is 0.284. The molecule has 0 spiro atoms. The number of aromatic nitrogens is 2. The molecule has 0 saturated carbocycles. The smallest absolute Gasteiger partial charge is 0.406 e. The monoisotopic (exact) mass is 705 g/mol. The number of rotatable bonds is 9. The summed E-state index contributed by atoms with van der Waals surface area (Å²) in [5.74, 6) is -4.35. The highest BCUT2D eigenvalue weighted by Gasteiger charge is 2.41. The average molecular weight is 706 g/mol. The Morgan fingerprint density at radius 3 is 2.38 bits per heavy atom. The van der Waals surface area contributed by atoms with Crippen LogP contribution in [0, 0.1) is 0 Å². The van der Waals surface area contributed by atoms with E-state index in [2.05, 4.69) is 29.5 Å². The van der Waals surface area contributed by atoms with Gasteiger partial charge in [-0.1, -0.05) is 31.2 Å². The molecule has 1 atom stereocenters. The second-order valence-corrected chi connectivity index (χ2v) is 13.9. The Morgan fingerprint density at radius 1 is 1.06 bits per heavy atom. The van der Waals surface area contributed by atoms with Crippen molar-refractivity contribution in [2.24, 2.45) is 0 Å². The number of carbonyl (C=O) groups is 1. The zero-order chi connectivity index (χ0) is 34.2. The number of benzene rings is 2. The first-order chi connectivity index (χ1) is 22.0. The zero-order valence-electron chi connectivity index (χ0n) is 24.5. The molecule has 0 aliphatic carbocycles. The maximum atomic E-state index is 14.0. The maximum absolute atomic E-state index is 14.0. The molecular weight excluding hydrogens is 677 g/mol. The van der Waals surface area contributed by atoms with Gasteiger partial charge < -0.3 is 15.0 Å². The minimum atomic E-state index is -4.99. The van der Waals surface area contributed by atoms with E-state index in [4.69, 9.17) is 0 Å². The van der Waals surface area contributed by atoms with Crippen molar-refractivity contribution in [1.29, 1.82) is 0 Å². The van der Waals surface area contributed by atoms with E-state index >= 15 is 0 Å². The fourth-order valence-corrected chi connectivity index (χ4v) is 7.28. The number of nitrogens with one attached hydrogen (secondary N) is 3. The van der Waals surface area contributed by atoms with Crippen LogP contribution in [0.15, 0.2) is 59.6 Å². The van der Waals surface area contributed by atoms with Gasteiger partial charge in [-0.25, -0.2) is 22.2 Å². The highest BCUT2D eigenvalue weighted by atomic mass is 32.2. The fraction of sp³-hybridized carbons (Fsp3) is 0.370. The molecule has 254 valence electrons. The van der Waals surface area contributed by atoms with Crippen LogP contribution in [0.5, 0.6) is 5.75 Å². The van der Waals surface area contributed by atoms with Crippen molar-refractivity contribution in [3.8, 4) is 5.75 Å². The lowest BCUT2D eigenvalue weighted by Crippen LogP contribution is -2.60. The summed E-state index contributed by atoms with van der Waals surface area (Å²) < 4.78 is 126. The number of nitrogens with zero attached hydrogens (tertiary/aromatic N) is 4. The third-order valence-electron chi connectivity index (χ3n) is 7.41. The lowest BCUT2D eigenvalue weighted by molar-refractivity contribution is -0.274. The van der Waals surface area contributed by atoms with Gasteiger partial charge in [0.25, 0.3) is 5.92 Å². The molecular formula is C27H28F5N7O6S2. The van der Waals surface area contributed by atoms with Crippen LogP contribution in [0.4, 0.5) is 33.6 Å². The fourth-order valence-electron chi connectivity index (χ4n) is 4.90. The third-order valence-corrected chi connectivity index (χ3v) is 10.3. The Morgan fingerprint density at radius 2 is 1.74 bits per heavy atom. The van der Waals surface area contributed by atoms with Crippen LogP contribution in [0.1, 0.15) is 30.2 Å². The second kappa shape index (κ2) is 12.8. The predicted octanol–water partition coefficient (Wildman–Crippen LogP) is 2.83. The Bertz CT molecular complexity index is 1840. The molecule has 1 aromatic heterocycles. The van der Waals surface area contributed by atoms with Crippen molar-refractivity contribution < 1.29 is 48.3 Å². The van der Waals surface area contributed by atoms with E-state index in [9.17, 15) is 43.6 Å². The van der Waals surface area contributed by atoms with E-state index in [0.717, 1.165) is 28.6 Å². The Labute approximate surface area is 266 Å². The molecule has 0 unspecified atom stereocenters. The Kier molecular flexibility index (Phi) is 9.32. The molecule has 13 nitrogen and oxygen atoms in total. The SMILES string of the molecule is CCC(F)(F)c1ccc(CNC(=O)[C@H]2CN(c3cnc4c(n3)NS(=O)(=O)NC4)CCN2S(=O)(=O)c2ccc(OC(F)(F)F)cc2)cc1. The summed E-state index contributed by atoms with van der Waals surface area (Å²) in [6.07, 6.45) is -4.06. The molecule has 5 rings (SSSR count). The number of halogens is 5. The number of hydrogen-bond acceptors (Lipinski definition) is 9. The van der Waals surface area contributed by atoms with Gasteiger partial charge in [0.05, 0.1) is 23.3 Å². The molecule has 1 saturated heterocycles. The minimum Gasteiger partial charge on any atom is -0.406 e. The van der Waals surface area contributed by atoms with E-state index in [1.807, 2.05) is 0 Å². The molecule has 3 aromatic rings. The van der Waals surface area contributed by atoms with Crippen LogP contribution in [-0.4, -0.2) is 69.1 Å². The number of piperazine rings is 1. The summed E-state index contributed by atoms with van der Waals surface area (Å²) in [6, 6.07) is 7.35. The number of amides is 1. The molecule has 20 heteroatoms. The average Bonchev–Trinajstić information content (AvgIpc) is 3.02. The molecule has 1 fully saturated rings. The van der Waals surface area contributed by atoms with Crippen LogP contribution in [0.3, 0.4) is 0 Å². The number of anilines is 2. The van der Waals surface area contributed by atoms with Gasteiger partial charge in [0.1, 0.15) is 17.6 Å². The number of alkyl halides is 5. The van der Waals surface area contributed by atoms with Crippen molar-refractivity contribution in [2.45, 2.75) is 49.7 Å². The van der Waals surface area contributed by atoms with Crippen molar-refractivity contribution in [2.75, 3.05) is 29.3 Å². The summed E-state index contributed by atoms with van der Waals surface area (Å²) >= 11 is 0. The molecule has 2 aromatic carbocycles. The number of carbonyl (C=O) groups excluding carboxylic acids is 1. The van der Waals surface area contributed by atoms with Gasteiger partial charge in [-0.3, -0.25) is 14.5 Å². The summed E-state index contributed by atoms with van der Waals surface area (Å²) in [7, 11) is -8.34. The predicted molar refractivity (Wildman–Crippen MR) is 157 cm³/mol. The van der Waals surface area contributed by atoms with Gasteiger partial charge in [-0.05, 0) is 29.8 Å². The topological polar surface area (TPSA) is 163 Å². The number of ether oxygens (including phenoxy) is 1. The molecule has 1 amide bonds. The first-order valence-electron chi connectivity index (χ1n) is 14.0. The van der Waals surface area contributed by atoms with Gasteiger partial charge in [0.2, 0.25) is 15.9 Å². The van der Waals surface area contributed by atoms with E-state index in [1.165, 1.54) is 42.3 Å². The van der Waals surface area contributed by atoms with Gasteiger partial charge in [0, 0.05) is 38.2 Å². The molecule has 3 heterocycles. The van der Waals surface area contributed by atoms with Crippen LogP contribution in [0.25, 0.3) is 0 Å². The number of sulfonamides is 1. The third kappa shape index (κ3) is 7.88. The molecule has 2 aliphatic heterocycles. The zero-order valence-corrected chi connectivity index (χ0v) is 26.1. The molecule has 2 aliphatic rings. The summed E-state index contributed by atoms with van der Waals surface area (Å²) in [5, 5.41) is 2.62. The summed E-state index contributed by atoms with van der Waals surface area (Å²) in [6.45, 7) is 0.507. The molecule has 0 radical (unpaired) electrons. The van der Waals surface area contributed by atoms with E-state index < -0.39 is 61.5 Å². The summed E-state index contributed by atoms with van der Waals surface area (Å²) in [4.78, 5) is 23.2. The first kappa shape index (κ1) is 34.2. The summed E-state index contributed by atoms with van der Waals surface area (Å²) in [5.41, 5.74) is 0.559. The van der Waals surface area contributed by atoms with E-state index in [0.29, 0.717) is 11.3 Å². The number of hydrogen-bond donors (Lipinski definition) is 3. The first-order valence-corrected chi connectivity index (χ1v) is 16.9. The lowest BCUT2D eigenvalue weighted by atomic mass is 10.0. The van der Waals surface area contributed by atoms with Crippen molar-refractivity contribution >= 4 is 37.8 Å². The molecule has 3 N–H and O–H groups in total. The van der Waals surface area contributed by atoms with Gasteiger partial charge >= 0.3 is 16.6 Å². The normalized spacial score (nSPS) is 18.6. The van der Waals surface area contributed by atoms with Gasteiger partial charge in [-0.15, -0.1) is 13.2 Å². The van der Waals surface area contributed by atoms with Gasteiger partial charge in [-0.2, -0.15) is 17.4 Å². The second-order valence-electron chi connectivity index (χ2n) is 10.5. The van der Waals surface area contributed by atoms with Crippen molar-refractivity contribution in [1.82, 2.24) is 24.3 Å². The van der Waals surface area contributed by atoms with Crippen molar-refractivity contribution in [3.05, 3.63) is 71.5 Å². The minimum absolute atomic E-state index is 0.0240. The van der Waals surface area contributed by atoms with E-state index in [1.54, 1.807) is 0 Å². The van der Waals surface area contributed by atoms with Crippen LogP contribution in [-0.2, 0) is 44.0 Å². The van der Waals surface area contributed by atoms with Crippen LogP contribution in [0.2, 0.25) is 0 Å². The Hall–Kier alpha value is -4.14. The largest absolute Gasteiger partial charge is 0.573 e. The van der Waals surface area contributed by atoms with Crippen molar-refractivity contribution in [3.63, 3.8) is 0 Å². The Balaban J connectivity index is 1.40. The maximum Gasteiger partial charge on any atom is 0.573 e. The molecule has 47 heavy (non-hydrogen) atoms. The standard InChI is InChI=1S/C27H28F5N7O6S2/c1-2-26(28,29)18-5-3-17(4-6-18)13-34-25(40)22-16-38(23-15-33-21-14-35-47(43,44)37-24(21)36-23)11-12-39(22)46(41,42)20-9-7-19(8-10-20)45-27(30,31)32/h3-10,15,22,35H,2,11-14,16H2,1H3,(H,34,40)(H,36,37)/t22-/m1/s1.